The molecule has 1 aliphatic rings. The molecule has 1 aliphatic heterocycles. The van der Waals surface area contributed by atoms with Crippen LogP contribution in [0.4, 0.5) is 0 Å². The summed E-state index contributed by atoms with van der Waals surface area (Å²) in [6.07, 6.45) is -0.132. The van der Waals surface area contributed by atoms with Crippen LogP contribution in [-0.2, 0) is 4.79 Å². The van der Waals surface area contributed by atoms with Crippen LogP contribution in [0, 0.1) is 0 Å². The topological polar surface area (TPSA) is 40.5 Å². The molecule has 1 rings (SSSR count). The van der Waals surface area contributed by atoms with Crippen molar-refractivity contribution in [2.45, 2.75) is 32.4 Å². The summed E-state index contributed by atoms with van der Waals surface area (Å²) < 4.78 is 0. The summed E-state index contributed by atoms with van der Waals surface area (Å²) in [5.74, 6) is 0.0718. The van der Waals surface area contributed by atoms with Gasteiger partial charge in [0.05, 0.1) is 12.5 Å². The van der Waals surface area contributed by atoms with Crippen molar-refractivity contribution in [1.82, 2.24) is 4.90 Å². The van der Waals surface area contributed by atoms with Crippen LogP contribution in [0.3, 0.4) is 0 Å². The van der Waals surface area contributed by atoms with Crippen molar-refractivity contribution in [3.63, 3.8) is 0 Å². The first kappa shape index (κ1) is 7.54. The average Bonchev–Trinajstić information content (AvgIpc) is 2.10. The zero-order valence-electron chi connectivity index (χ0n) is 6.37. The number of rotatable bonds is 1. The van der Waals surface area contributed by atoms with Crippen LogP contribution in [0.15, 0.2) is 0 Å². The molecule has 0 aromatic rings. The van der Waals surface area contributed by atoms with Gasteiger partial charge in [-0.1, -0.05) is 0 Å². The summed E-state index contributed by atoms with van der Waals surface area (Å²) in [6, 6.07) is 0.227. The Bertz CT molecular complexity index is 145. The maximum absolute atomic E-state index is 11.0. The highest BCUT2D eigenvalue weighted by Gasteiger charge is 2.29. The number of hydrogen-bond acceptors (Lipinski definition) is 2. The molecule has 3 heteroatoms. The molecule has 1 fully saturated rings. The molecular weight excluding hydrogens is 130 g/mol. The second-order valence-corrected chi connectivity index (χ2v) is 3.00. The van der Waals surface area contributed by atoms with Gasteiger partial charge in [-0.2, -0.15) is 0 Å². The molecule has 0 unspecified atom stereocenters. The van der Waals surface area contributed by atoms with Crippen LogP contribution in [0.2, 0.25) is 0 Å². The second kappa shape index (κ2) is 2.58. The van der Waals surface area contributed by atoms with Gasteiger partial charge in [-0.3, -0.25) is 4.79 Å². The summed E-state index contributed by atoms with van der Waals surface area (Å²) in [5.41, 5.74) is 0. The van der Waals surface area contributed by atoms with E-state index in [1.54, 1.807) is 4.90 Å². The summed E-state index contributed by atoms with van der Waals surface area (Å²) >= 11 is 0. The molecule has 0 radical (unpaired) electrons. The van der Waals surface area contributed by atoms with Crippen molar-refractivity contribution < 1.29 is 9.90 Å². The van der Waals surface area contributed by atoms with E-state index in [0.717, 1.165) is 0 Å². The van der Waals surface area contributed by atoms with E-state index in [0.29, 0.717) is 13.0 Å². The van der Waals surface area contributed by atoms with E-state index in [1.807, 2.05) is 13.8 Å². The van der Waals surface area contributed by atoms with Crippen LogP contribution in [0.1, 0.15) is 20.3 Å². The van der Waals surface area contributed by atoms with Gasteiger partial charge in [0, 0.05) is 12.6 Å². The van der Waals surface area contributed by atoms with Crippen molar-refractivity contribution in [1.29, 1.82) is 0 Å². The van der Waals surface area contributed by atoms with E-state index >= 15 is 0 Å². The molecule has 0 aliphatic carbocycles. The van der Waals surface area contributed by atoms with Gasteiger partial charge >= 0.3 is 0 Å². The Morgan fingerprint density at radius 2 is 2.30 bits per heavy atom. The smallest absolute Gasteiger partial charge is 0.225 e. The molecule has 1 atom stereocenters. The molecule has 3 nitrogen and oxygen atoms in total. The first-order valence-corrected chi connectivity index (χ1v) is 3.59. The fourth-order valence-electron chi connectivity index (χ4n) is 1.21. The highest BCUT2D eigenvalue weighted by atomic mass is 16.3. The molecule has 0 bridgehead atoms. The molecule has 0 spiro atoms. The normalized spacial score (nSPS) is 26.6. The number of aliphatic hydroxyl groups is 1. The lowest BCUT2D eigenvalue weighted by molar-refractivity contribution is -0.129. The molecule has 1 heterocycles. The monoisotopic (exact) mass is 143 g/mol. The molecule has 0 aromatic carbocycles. The third-order valence-electron chi connectivity index (χ3n) is 1.76. The minimum atomic E-state index is -0.435. The van der Waals surface area contributed by atoms with E-state index < -0.39 is 6.10 Å². The highest BCUT2D eigenvalue weighted by molar-refractivity contribution is 5.79. The first-order chi connectivity index (χ1) is 4.61. The van der Waals surface area contributed by atoms with E-state index in [1.165, 1.54) is 0 Å². The van der Waals surface area contributed by atoms with Crippen molar-refractivity contribution in [2.75, 3.05) is 6.54 Å². The number of carbonyl (C=O) groups excluding carboxylic acids is 1. The third kappa shape index (κ3) is 1.29. The van der Waals surface area contributed by atoms with Gasteiger partial charge in [0.1, 0.15) is 0 Å². The number of aliphatic hydroxyl groups excluding tert-OH is 1. The SMILES string of the molecule is CC(C)N1C[C@H](O)CC1=O. The predicted octanol–water partition coefficient (Wildman–Crippen LogP) is -0.0120. The number of β-amino-alcohol motifs (C(OH)–C–C–N with tert-alkyl or cyclic N) is 1. The summed E-state index contributed by atoms with van der Waals surface area (Å²) in [7, 11) is 0. The zero-order valence-corrected chi connectivity index (χ0v) is 6.37. The van der Waals surface area contributed by atoms with Crippen LogP contribution in [0.5, 0.6) is 0 Å². The van der Waals surface area contributed by atoms with E-state index in [4.69, 9.17) is 5.11 Å². The van der Waals surface area contributed by atoms with Crippen molar-refractivity contribution in [3.05, 3.63) is 0 Å². The first-order valence-electron chi connectivity index (χ1n) is 3.59. The average molecular weight is 143 g/mol. The van der Waals surface area contributed by atoms with Crippen LogP contribution < -0.4 is 0 Å². The molecule has 1 amide bonds. The lowest BCUT2D eigenvalue weighted by Gasteiger charge is -2.19. The number of nitrogens with zero attached hydrogens (tertiary/aromatic N) is 1. The third-order valence-corrected chi connectivity index (χ3v) is 1.76. The van der Waals surface area contributed by atoms with Crippen molar-refractivity contribution >= 4 is 5.91 Å². The summed E-state index contributed by atoms with van der Waals surface area (Å²) in [5, 5.41) is 9.06. The van der Waals surface area contributed by atoms with Gasteiger partial charge in [0.15, 0.2) is 0 Å². The van der Waals surface area contributed by atoms with Crippen LogP contribution >= 0.6 is 0 Å². The summed E-state index contributed by atoms with van der Waals surface area (Å²) in [4.78, 5) is 12.7. The van der Waals surface area contributed by atoms with Gasteiger partial charge in [0.25, 0.3) is 0 Å². The van der Waals surface area contributed by atoms with Gasteiger partial charge in [-0.05, 0) is 13.8 Å². The van der Waals surface area contributed by atoms with Gasteiger partial charge in [-0.15, -0.1) is 0 Å². The molecule has 1 saturated heterocycles. The number of likely N-dealkylation sites (tertiary alicyclic amines) is 1. The predicted molar refractivity (Wildman–Crippen MR) is 37.5 cm³/mol. The lowest BCUT2D eigenvalue weighted by Crippen LogP contribution is -2.32. The Balaban J connectivity index is 2.55. The Morgan fingerprint density at radius 3 is 2.50 bits per heavy atom. The standard InChI is InChI=1S/C7H13NO2/c1-5(2)8-4-6(9)3-7(8)10/h5-6,9H,3-4H2,1-2H3/t6-/m1/s1. The number of amides is 1. The highest BCUT2D eigenvalue weighted by Crippen LogP contribution is 2.13. The van der Waals surface area contributed by atoms with E-state index in [-0.39, 0.29) is 11.9 Å². The fraction of sp³-hybridized carbons (Fsp3) is 0.857. The fourth-order valence-corrected chi connectivity index (χ4v) is 1.21. The Labute approximate surface area is 60.6 Å². The van der Waals surface area contributed by atoms with Gasteiger partial charge in [-0.25, -0.2) is 0 Å². The lowest BCUT2D eigenvalue weighted by atomic mass is 10.3. The van der Waals surface area contributed by atoms with Gasteiger partial charge in [0.2, 0.25) is 5.91 Å². The quantitative estimate of drug-likeness (QED) is 0.560. The van der Waals surface area contributed by atoms with Crippen LogP contribution in [0.25, 0.3) is 0 Å². The van der Waals surface area contributed by atoms with Crippen molar-refractivity contribution in [3.8, 4) is 0 Å². The Hall–Kier alpha value is -0.570. The number of hydrogen-bond donors (Lipinski definition) is 1. The van der Waals surface area contributed by atoms with Crippen LogP contribution in [-0.4, -0.2) is 34.6 Å². The summed E-state index contributed by atoms with van der Waals surface area (Å²) in [6.45, 7) is 4.42. The molecule has 58 valence electrons. The van der Waals surface area contributed by atoms with Gasteiger partial charge < -0.3 is 10.0 Å². The maximum atomic E-state index is 11.0. The Kier molecular flexibility index (Phi) is 1.94. The second-order valence-electron chi connectivity index (χ2n) is 3.00. The Morgan fingerprint density at radius 1 is 1.70 bits per heavy atom. The minimum Gasteiger partial charge on any atom is -0.391 e. The van der Waals surface area contributed by atoms with E-state index in [2.05, 4.69) is 0 Å². The minimum absolute atomic E-state index is 0.0718. The van der Waals surface area contributed by atoms with Crippen molar-refractivity contribution in [2.24, 2.45) is 0 Å². The zero-order chi connectivity index (χ0) is 7.72. The molecule has 0 aromatic heterocycles. The molecule has 1 N–H and O–H groups in total. The molecular formula is C7H13NO2. The molecule has 0 saturated carbocycles. The number of carbonyl (C=O) groups is 1. The van der Waals surface area contributed by atoms with E-state index in [9.17, 15) is 4.79 Å². The molecule has 10 heavy (non-hydrogen) atoms. The largest absolute Gasteiger partial charge is 0.391 e. The maximum Gasteiger partial charge on any atom is 0.225 e.